The lowest BCUT2D eigenvalue weighted by atomic mass is 10.2. The van der Waals surface area contributed by atoms with Crippen LogP contribution >= 0.6 is 0 Å². The van der Waals surface area contributed by atoms with E-state index in [1.807, 2.05) is 6.92 Å². The van der Waals surface area contributed by atoms with E-state index in [2.05, 4.69) is 6.58 Å². The summed E-state index contributed by atoms with van der Waals surface area (Å²) in [5.41, 5.74) is -0.000451. The fourth-order valence-electron chi connectivity index (χ4n) is 1.12. The lowest BCUT2D eigenvalue weighted by Gasteiger charge is -2.22. The van der Waals surface area contributed by atoms with Crippen molar-refractivity contribution >= 4 is 5.97 Å². The van der Waals surface area contributed by atoms with Gasteiger partial charge in [0.25, 0.3) is 0 Å². The minimum atomic E-state index is -1.07. The van der Waals surface area contributed by atoms with E-state index < -0.39 is 18.4 Å². The maximum Gasteiger partial charge on any atom is 0.333 e. The van der Waals surface area contributed by atoms with Gasteiger partial charge in [0.1, 0.15) is 0 Å². The Labute approximate surface area is 96.0 Å². The van der Waals surface area contributed by atoms with Gasteiger partial charge in [-0.25, -0.2) is 4.79 Å². The summed E-state index contributed by atoms with van der Waals surface area (Å²) in [7, 11) is 0. The van der Waals surface area contributed by atoms with Gasteiger partial charge in [-0.1, -0.05) is 6.58 Å². The molecule has 94 valence electrons. The highest BCUT2D eigenvalue weighted by Crippen LogP contribution is 2.10. The highest BCUT2D eigenvalue weighted by Gasteiger charge is 2.18. The molecular weight excluding hydrogens is 212 g/mol. The smallest absolute Gasteiger partial charge is 0.333 e. The zero-order chi connectivity index (χ0) is 12.7. The van der Waals surface area contributed by atoms with E-state index in [0.717, 1.165) is 0 Å². The molecule has 0 aliphatic carbocycles. The van der Waals surface area contributed by atoms with Crippen LogP contribution in [0.15, 0.2) is 12.2 Å². The van der Waals surface area contributed by atoms with Crippen LogP contribution in [-0.4, -0.2) is 36.4 Å². The molecule has 0 amide bonds. The maximum atomic E-state index is 10.6. The first-order valence-electron chi connectivity index (χ1n) is 5.23. The minimum Gasteiger partial charge on any atom is -0.478 e. The highest BCUT2D eigenvalue weighted by atomic mass is 16.8. The van der Waals surface area contributed by atoms with Crippen molar-refractivity contribution in [2.75, 3.05) is 6.61 Å². The fraction of sp³-hybridized carbons (Fsp3) is 0.727. The molecule has 0 saturated heterocycles. The number of carboxylic acid groups (broad SMARTS) is 1. The van der Waals surface area contributed by atoms with Gasteiger partial charge in [-0.3, -0.25) is 0 Å². The van der Waals surface area contributed by atoms with Crippen LogP contribution in [-0.2, 0) is 19.0 Å². The molecule has 0 rings (SSSR count). The summed E-state index contributed by atoms with van der Waals surface area (Å²) in [5.74, 6) is -1.07. The Bertz CT molecular complexity index is 239. The summed E-state index contributed by atoms with van der Waals surface area (Å²) >= 11 is 0. The minimum absolute atomic E-state index is 0.000451. The number of aliphatic carboxylic acids is 1. The first-order chi connectivity index (χ1) is 7.38. The van der Waals surface area contributed by atoms with E-state index in [0.29, 0.717) is 6.61 Å². The van der Waals surface area contributed by atoms with E-state index in [1.165, 1.54) is 0 Å². The molecule has 0 fully saturated rings. The number of carbonyl (C=O) groups is 1. The van der Waals surface area contributed by atoms with Crippen LogP contribution in [0.5, 0.6) is 0 Å². The van der Waals surface area contributed by atoms with Crippen LogP contribution in [0, 0.1) is 0 Å². The van der Waals surface area contributed by atoms with Crippen molar-refractivity contribution in [1.29, 1.82) is 0 Å². The lowest BCUT2D eigenvalue weighted by molar-refractivity contribution is -0.237. The molecule has 0 heterocycles. The number of hydrogen-bond acceptors (Lipinski definition) is 4. The summed E-state index contributed by atoms with van der Waals surface area (Å²) in [6.07, 6.45) is -1.53. The number of ether oxygens (including phenoxy) is 3. The molecule has 1 N–H and O–H groups in total. The summed E-state index contributed by atoms with van der Waals surface area (Å²) in [6.45, 7) is 10.9. The normalized spacial score (nSPS) is 16.5. The van der Waals surface area contributed by atoms with Gasteiger partial charge in [0.15, 0.2) is 12.6 Å². The van der Waals surface area contributed by atoms with Crippen molar-refractivity contribution in [2.45, 2.75) is 46.4 Å². The van der Waals surface area contributed by atoms with Gasteiger partial charge in [0.2, 0.25) is 0 Å². The predicted molar refractivity (Wildman–Crippen MR) is 59.0 cm³/mol. The number of hydrogen-bond donors (Lipinski definition) is 1. The van der Waals surface area contributed by atoms with Gasteiger partial charge >= 0.3 is 5.97 Å². The molecule has 0 aromatic heterocycles. The van der Waals surface area contributed by atoms with Crippen molar-refractivity contribution in [3.8, 4) is 0 Å². The monoisotopic (exact) mass is 232 g/mol. The lowest BCUT2D eigenvalue weighted by Crippen LogP contribution is -2.28. The van der Waals surface area contributed by atoms with E-state index in [4.69, 9.17) is 19.3 Å². The molecule has 3 atom stereocenters. The van der Waals surface area contributed by atoms with Gasteiger partial charge in [0, 0.05) is 6.61 Å². The summed E-state index contributed by atoms with van der Waals surface area (Å²) in [6, 6.07) is 0. The Kier molecular flexibility index (Phi) is 6.96. The Morgan fingerprint density at radius 3 is 2.25 bits per heavy atom. The zero-order valence-corrected chi connectivity index (χ0v) is 10.2. The van der Waals surface area contributed by atoms with Crippen LogP contribution in [0.3, 0.4) is 0 Å². The molecule has 0 saturated carbocycles. The molecule has 0 aliphatic heterocycles. The molecule has 0 spiro atoms. The first kappa shape index (κ1) is 15.1. The molecule has 0 aromatic carbocycles. The average molecular weight is 232 g/mol. The first-order valence-corrected chi connectivity index (χ1v) is 5.23. The Morgan fingerprint density at radius 1 is 1.25 bits per heavy atom. The fourth-order valence-corrected chi connectivity index (χ4v) is 1.12. The van der Waals surface area contributed by atoms with Crippen LogP contribution in [0.1, 0.15) is 27.7 Å². The molecule has 5 nitrogen and oxygen atoms in total. The third-order valence-electron chi connectivity index (χ3n) is 1.95. The molecule has 0 bridgehead atoms. The largest absolute Gasteiger partial charge is 0.478 e. The maximum absolute atomic E-state index is 10.6. The van der Waals surface area contributed by atoms with Crippen molar-refractivity contribution in [3.05, 3.63) is 12.2 Å². The second kappa shape index (κ2) is 7.38. The summed E-state index contributed by atoms with van der Waals surface area (Å²) in [5, 5.41) is 8.69. The van der Waals surface area contributed by atoms with Crippen molar-refractivity contribution < 1.29 is 24.1 Å². The van der Waals surface area contributed by atoms with Crippen LogP contribution in [0.4, 0.5) is 0 Å². The van der Waals surface area contributed by atoms with Gasteiger partial charge in [-0.05, 0) is 27.7 Å². The second-order valence-corrected chi connectivity index (χ2v) is 3.34. The zero-order valence-electron chi connectivity index (χ0n) is 10.2. The van der Waals surface area contributed by atoms with E-state index in [1.54, 1.807) is 20.8 Å². The van der Waals surface area contributed by atoms with E-state index in [-0.39, 0.29) is 11.9 Å². The number of rotatable bonds is 8. The number of carboxylic acids is 1. The predicted octanol–water partition coefficient (Wildman–Crippen LogP) is 1.78. The molecule has 16 heavy (non-hydrogen) atoms. The van der Waals surface area contributed by atoms with Crippen molar-refractivity contribution in [1.82, 2.24) is 0 Å². The third kappa shape index (κ3) is 5.85. The molecule has 3 unspecified atom stereocenters. The third-order valence-corrected chi connectivity index (χ3v) is 1.95. The van der Waals surface area contributed by atoms with Crippen molar-refractivity contribution in [3.63, 3.8) is 0 Å². The molecule has 0 radical (unpaired) electrons. The Morgan fingerprint density at radius 2 is 1.81 bits per heavy atom. The van der Waals surface area contributed by atoms with E-state index in [9.17, 15) is 4.79 Å². The van der Waals surface area contributed by atoms with Crippen LogP contribution in [0.25, 0.3) is 0 Å². The second-order valence-electron chi connectivity index (χ2n) is 3.34. The summed E-state index contributed by atoms with van der Waals surface area (Å²) < 4.78 is 15.8. The molecular formula is C11H20O5. The Hall–Kier alpha value is -0.910. The van der Waals surface area contributed by atoms with Crippen LogP contribution < -0.4 is 0 Å². The quantitative estimate of drug-likeness (QED) is 0.510. The SMILES string of the molecule is C=C(C(=O)O)C(C)OC(C)OC(C)OCC. The molecule has 0 aliphatic rings. The molecule has 0 aromatic rings. The van der Waals surface area contributed by atoms with E-state index >= 15 is 0 Å². The van der Waals surface area contributed by atoms with Gasteiger partial charge in [-0.15, -0.1) is 0 Å². The van der Waals surface area contributed by atoms with Gasteiger partial charge in [-0.2, -0.15) is 0 Å². The standard InChI is InChI=1S/C11H20O5/c1-6-14-9(4)16-10(5)15-8(3)7(2)11(12)13/h8-10H,2,6H2,1,3-5H3,(H,12,13). The Balaban J connectivity index is 3.99. The molecule has 5 heteroatoms. The average Bonchev–Trinajstić information content (AvgIpc) is 2.16. The van der Waals surface area contributed by atoms with Crippen molar-refractivity contribution in [2.24, 2.45) is 0 Å². The summed E-state index contributed by atoms with van der Waals surface area (Å²) in [4.78, 5) is 10.6. The highest BCUT2D eigenvalue weighted by molar-refractivity contribution is 5.86. The van der Waals surface area contributed by atoms with Gasteiger partial charge < -0.3 is 19.3 Å². The van der Waals surface area contributed by atoms with Crippen LogP contribution in [0.2, 0.25) is 0 Å². The van der Waals surface area contributed by atoms with Gasteiger partial charge in [0.05, 0.1) is 11.7 Å². The topological polar surface area (TPSA) is 65.0 Å².